The highest BCUT2D eigenvalue weighted by Gasteiger charge is 2.10. The zero-order valence-electron chi connectivity index (χ0n) is 15.0. The van der Waals surface area contributed by atoms with Crippen molar-refractivity contribution >= 4 is 23.3 Å². The SMILES string of the molecule is Cc1nnnn1-c1cccc(NC(=O)N(C)CCOc2ccc(Cl)cc2)c1. The van der Waals surface area contributed by atoms with Crippen LogP contribution in [0.5, 0.6) is 5.75 Å². The van der Waals surface area contributed by atoms with E-state index < -0.39 is 0 Å². The molecule has 140 valence electrons. The Morgan fingerprint density at radius 1 is 1.26 bits per heavy atom. The van der Waals surface area contributed by atoms with Gasteiger partial charge < -0.3 is 15.0 Å². The maximum Gasteiger partial charge on any atom is 0.321 e. The number of nitrogens with zero attached hydrogens (tertiary/aromatic N) is 5. The Bertz CT molecular complexity index is 912. The zero-order valence-corrected chi connectivity index (χ0v) is 15.7. The molecule has 2 amide bonds. The number of urea groups is 1. The topological polar surface area (TPSA) is 85.2 Å². The number of benzene rings is 2. The van der Waals surface area contributed by atoms with E-state index >= 15 is 0 Å². The second kappa shape index (κ2) is 8.50. The van der Waals surface area contributed by atoms with E-state index in [0.29, 0.717) is 35.4 Å². The average molecular weight is 387 g/mol. The maximum absolute atomic E-state index is 12.4. The van der Waals surface area contributed by atoms with Crippen LogP contribution in [-0.4, -0.2) is 51.3 Å². The third-order valence-corrected chi connectivity index (χ3v) is 4.08. The van der Waals surface area contributed by atoms with Crippen molar-refractivity contribution in [2.45, 2.75) is 6.92 Å². The third kappa shape index (κ3) is 4.95. The molecular formula is C18H19ClN6O2. The van der Waals surface area contributed by atoms with Gasteiger partial charge in [0.25, 0.3) is 0 Å². The van der Waals surface area contributed by atoms with E-state index in [9.17, 15) is 4.79 Å². The minimum Gasteiger partial charge on any atom is -0.492 e. The summed E-state index contributed by atoms with van der Waals surface area (Å²) in [5.74, 6) is 1.37. The zero-order chi connectivity index (χ0) is 19.2. The van der Waals surface area contributed by atoms with Crippen molar-refractivity contribution in [1.29, 1.82) is 0 Å². The minimum atomic E-state index is -0.236. The van der Waals surface area contributed by atoms with Crippen LogP contribution in [0.3, 0.4) is 0 Å². The third-order valence-electron chi connectivity index (χ3n) is 3.82. The Morgan fingerprint density at radius 2 is 2.04 bits per heavy atom. The number of carbonyl (C=O) groups is 1. The molecule has 0 aliphatic heterocycles. The smallest absolute Gasteiger partial charge is 0.321 e. The number of aryl methyl sites for hydroxylation is 1. The molecule has 0 saturated carbocycles. The first-order valence-corrected chi connectivity index (χ1v) is 8.66. The molecule has 1 heterocycles. The number of anilines is 1. The van der Waals surface area contributed by atoms with E-state index in [4.69, 9.17) is 16.3 Å². The molecule has 0 fully saturated rings. The summed E-state index contributed by atoms with van der Waals surface area (Å²) in [6.45, 7) is 2.61. The first kappa shape index (κ1) is 18.7. The van der Waals surface area contributed by atoms with Crippen molar-refractivity contribution in [2.75, 3.05) is 25.5 Å². The second-order valence-corrected chi connectivity index (χ2v) is 6.28. The van der Waals surface area contributed by atoms with Crippen LogP contribution in [0, 0.1) is 6.92 Å². The summed E-state index contributed by atoms with van der Waals surface area (Å²) in [6, 6.07) is 14.2. The van der Waals surface area contributed by atoms with Gasteiger partial charge in [-0.1, -0.05) is 17.7 Å². The molecular weight excluding hydrogens is 368 g/mol. The number of ether oxygens (including phenoxy) is 1. The monoisotopic (exact) mass is 386 g/mol. The van der Waals surface area contributed by atoms with E-state index in [1.807, 2.05) is 12.1 Å². The molecule has 3 aromatic rings. The summed E-state index contributed by atoms with van der Waals surface area (Å²) >= 11 is 5.84. The maximum atomic E-state index is 12.4. The highest BCUT2D eigenvalue weighted by molar-refractivity contribution is 6.30. The molecule has 0 radical (unpaired) electrons. The Balaban J connectivity index is 1.53. The molecule has 0 unspecified atom stereocenters. The van der Waals surface area contributed by atoms with E-state index in [1.54, 1.807) is 60.0 Å². The number of aromatic nitrogens is 4. The molecule has 0 bridgehead atoms. The Hall–Kier alpha value is -3.13. The van der Waals surface area contributed by atoms with Gasteiger partial charge in [-0.3, -0.25) is 0 Å². The fourth-order valence-corrected chi connectivity index (χ4v) is 2.46. The van der Waals surface area contributed by atoms with Crippen molar-refractivity contribution in [2.24, 2.45) is 0 Å². The Morgan fingerprint density at radius 3 is 2.74 bits per heavy atom. The number of hydrogen-bond acceptors (Lipinski definition) is 5. The van der Waals surface area contributed by atoms with Gasteiger partial charge in [-0.25, -0.2) is 4.79 Å². The molecule has 27 heavy (non-hydrogen) atoms. The predicted octanol–water partition coefficient (Wildman–Crippen LogP) is 3.17. The average Bonchev–Trinajstić information content (AvgIpc) is 3.09. The first-order chi connectivity index (χ1) is 13.0. The minimum absolute atomic E-state index is 0.236. The Labute approximate surface area is 161 Å². The molecule has 0 saturated heterocycles. The molecule has 1 aromatic heterocycles. The predicted molar refractivity (Wildman–Crippen MR) is 102 cm³/mol. The highest BCUT2D eigenvalue weighted by Crippen LogP contribution is 2.16. The van der Waals surface area contributed by atoms with Gasteiger partial charge in [0, 0.05) is 17.8 Å². The van der Waals surface area contributed by atoms with Crippen molar-refractivity contribution < 1.29 is 9.53 Å². The number of carbonyl (C=O) groups excluding carboxylic acids is 1. The quantitative estimate of drug-likeness (QED) is 0.703. The van der Waals surface area contributed by atoms with Crippen molar-refractivity contribution in [3.63, 3.8) is 0 Å². The van der Waals surface area contributed by atoms with Gasteiger partial charge >= 0.3 is 6.03 Å². The summed E-state index contributed by atoms with van der Waals surface area (Å²) in [5, 5.41) is 14.9. The summed E-state index contributed by atoms with van der Waals surface area (Å²) in [5.41, 5.74) is 1.42. The Kier molecular flexibility index (Phi) is 5.87. The summed E-state index contributed by atoms with van der Waals surface area (Å²) < 4.78 is 7.20. The lowest BCUT2D eigenvalue weighted by Gasteiger charge is -2.18. The lowest BCUT2D eigenvalue weighted by atomic mass is 10.3. The van der Waals surface area contributed by atoms with Crippen LogP contribution >= 0.6 is 11.6 Å². The lowest BCUT2D eigenvalue weighted by molar-refractivity contribution is 0.207. The van der Waals surface area contributed by atoms with Crippen LogP contribution in [0.25, 0.3) is 5.69 Å². The second-order valence-electron chi connectivity index (χ2n) is 5.84. The number of nitrogens with one attached hydrogen (secondary N) is 1. The van der Waals surface area contributed by atoms with E-state index in [0.717, 1.165) is 5.69 Å². The van der Waals surface area contributed by atoms with Crippen LogP contribution in [0.1, 0.15) is 5.82 Å². The van der Waals surface area contributed by atoms with Crippen molar-refractivity contribution in [3.8, 4) is 11.4 Å². The fourth-order valence-electron chi connectivity index (χ4n) is 2.34. The van der Waals surface area contributed by atoms with Crippen LogP contribution in [-0.2, 0) is 0 Å². The van der Waals surface area contributed by atoms with Gasteiger partial charge in [-0.05, 0) is 59.8 Å². The number of amides is 2. The number of hydrogen-bond donors (Lipinski definition) is 1. The van der Waals surface area contributed by atoms with Crippen molar-refractivity contribution in [3.05, 3.63) is 59.4 Å². The molecule has 0 atom stereocenters. The molecule has 8 nitrogen and oxygen atoms in total. The van der Waals surface area contributed by atoms with Crippen LogP contribution in [0.4, 0.5) is 10.5 Å². The molecule has 0 aliphatic rings. The normalized spacial score (nSPS) is 10.5. The summed E-state index contributed by atoms with van der Waals surface area (Å²) in [7, 11) is 1.70. The number of likely N-dealkylation sites (N-methyl/N-ethyl adjacent to an activating group) is 1. The van der Waals surface area contributed by atoms with Gasteiger partial charge in [0.2, 0.25) is 0 Å². The standard InChI is InChI=1S/C18H19ClN6O2/c1-13-21-22-23-25(13)16-5-3-4-15(12-16)20-18(26)24(2)10-11-27-17-8-6-14(19)7-9-17/h3-9,12H,10-11H2,1-2H3,(H,20,26). The number of halogens is 1. The van der Waals surface area contributed by atoms with Gasteiger partial charge in [0.05, 0.1) is 12.2 Å². The van der Waals surface area contributed by atoms with Gasteiger partial charge in [-0.2, -0.15) is 4.68 Å². The van der Waals surface area contributed by atoms with Crippen molar-refractivity contribution in [1.82, 2.24) is 25.1 Å². The molecule has 2 aromatic carbocycles. The van der Waals surface area contributed by atoms with Crippen LogP contribution in [0.2, 0.25) is 5.02 Å². The molecule has 0 aliphatic carbocycles. The van der Waals surface area contributed by atoms with Crippen LogP contribution in [0.15, 0.2) is 48.5 Å². The van der Waals surface area contributed by atoms with E-state index in [2.05, 4.69) is 20.8 Å². The highest BCUT2D eigenvalue weighted by atomic mass is 35.5. The van der Waals surface area contributed by atoms with Crippen LogP contribution < -0.4 is 10.1 Å². The van der Waals surface area contributed by atoms with E-state index in [1.165, 1.54) is 0 Å². The first-order valence-electron chi connectivity index (χ1n) is 8.29. The van der Waals surface area contributed by atoms with E-state index in [-0.39, 0.29) is 6.03 Å². The summed E-state index contributed by atoms with van der Waals surface area (Å²) in [6.07, 6.45) is 0. The molecule has 3 rings (SSSR count). The molecule has 0 spiro atoms. The largest absolute Gasteiger partial charge is 0.492 e. The lowest BCUT2D eigenvalue weighted by Crippen LogP contribution is -2.34. The molecule has 9 heteroatoms. The summed E-state index contributed by atoms with van der Waals surface area (Å²) in [4.78, 5) is 13.9. The van der Waals surface area contributed by atoms with Gasteiger partial charge in [-0.15, -0.1) is 5.10 Å². The van der Waals surface area contributed by atoms with Gasteiger partial charge in [0.15, 0.2) is 5.82 Å². The number of rotatable bonds is 6. The fraction of sp³-hybridized carbons (Fsp3) is 0.222. The number of tetrazole rings is 1. The van der Waals surface area contributed by atoms with Gasteiger partial charge in [0.1, 0.15) is 12.4 Å². The molecule has 1 N–H and O–H groups in total.